The van der Waals surface area contributed by atoms with Crippen molar-refractivity contribution >= 4 is 52.2 Å². The van der Waals surface area contributed by atoms with Gasteiger partial charge in [0.2, 0.25) is 5.91 Å². The van der Waals surface area contributed by atoms with Crippen LogP contribution in [-0.2, 0) is 15.8 Å². The molecule has 156 valence electrons. The molecule has 2 aromatic carbocycles. The highest BCUT2D eigenvalue weighted by Gasteiger charge is 2.35. The standard InChI is InChI=1S/C20H14ClF3N2O3S/c21-14-6-4-12(5-7-14)10-16-18(28)26(19(29)30-16)9-8-17(27)25-15-3-1-2-13(11-15)20(22,23)24/h1-7,10-11H,8-9H2,(H,25,27). The summed E-state index contributed by atoms with van der Waals surface area (Å²) < 4.78 is 38.2. The van der Waals surface area contributed by atoms with Crippen molar-refractivity contribution in [3.8, 4) is 0 Å². The van der Waals surface area contributed by atoms with Crippen molar-refractivity contribution in [3.05, 3.63) is 69.6 Å². The maximum absolute atomic E-state index is 12.7. The summed E-state index contributed by atoms with van der Waals surface area (Å²) in [7, 11) is 0. The molecule has 1 fully saturated rings. The van der Waals surface area contributed by atoms with Crippen LogP contribution in [0.5, 0.6) is 0 Å². The van der Waals surface area contributed by atoms with Crippen LogP contribution < -0.4 is 5.32 Å². The Bertz CT molecular complexity index is 1020. The minimum absolute atomic E-state index is 0.0217. The first-order chi connectivity index (χ1) is 14.1. The molecule has 0 atom stereocenters. The van der Waals surface area contributed by atoms with Gasteiger partial charge in [-0.3, -0.25) is 19.3 Å². The first kappa shape index (κ1) is 21.9. The summed E-state index contributed by atoms with van der Waals surface area (Å²) in [5, 5.41) is 2.36. The summed E-state index contributed by atoms with van der Waals surface area (Å²) in [4.78, 5) is 37.8. The fourth-order valence-electron chi connectivity index (χ4n) is 2.61. The van der Waals surface area contributed by atoms with E-state index in [0.29, 0.717) is 10.6 Å². The van der Waals surface area contributed by atoms with Gasteiger partial charge in [-0.15, -0.1) is 0 Å². The SMILES string of the molecule is O=C(CCN1C(=O)SC(=Cc2ccc(Cl)cc2)C1=O)Nc1cccc(C(F)(F)F)c1. The molecule has 5 nitrogen and oxygen atoms in total. The van der Waals surface area contributed by atoms with E-state index >= 15 is 0 Å². The van der Waals surface area contributed by atoms with Crippen molar-refractivity contribution in [1.82, 2.24) is 4.90 Å². The lowest BCUT2D eigenvalue weighted by Crippen LogP contribution is -2.31. The first-order valence-electron chi connectivity index (χ1n) is 8.61. The molecule has 0 aliphatic carbocycles. The predicted molar refractivity (Wildman–Crippen MR) is 109 cm³/mol. The van der Waals surface area contributed by atoms with E-state index in [1.807, 2.05) is 0 Å². The number of nitrogens with one attached hydrogen (secondary N) is 1. The summed E-state index contributed by atoms with van der Waals surface area (Å²) in [6.45, 7) is -0.187. The van der Waals surface area contributed by atoms with Gasteiger partial charge >= 0.3 is 6.18 Å². The summed E-state index contributed by atoms with van der Waals surface area (Å²) in [5.41, 5.74) is -0.225. The lowest BCUT2D eigenvalue weighted by molar-refractivity contribution is -0.137. The van der Waals surface area contributed by atoms with Gasteiger partial charge in [0, 0.05) is 23.7 Å². The Kier molecular flexibility index (Phi) is 6.52. The van der Waals surface area contributed by atoms with Crippen molar-refractivity contribution in [2.75, 3.05) is 11.9 Å². The van der Waals surface area contributed by atoms with Crippen LogP contribution in [0.4, 0.5) is 23.7 Å². The monoisotopic (exact) mass is 454 g/mol. The molecule has 1 saturated heterocycles. The highest BCUT2D eigenvalue weighted by atomic mass is 35.5. The third kappa shape index (κ3) is 5.43. The molecule has 0 saturated carbocycles. The van der Waals surface area contributed by atoms with Crippen LogP contribution in [0, 0.1) is 0 Å². The number of imide groups is 1. The largest absolute Gasteiger partial charge is 0.416 e. The lowest BCUT2D eigenvalue weighted by atomic mass is 10.2. The van der Waals surface area contributed by atoms with Gasteiger partial charge in [0.1, 0.15) is 0 Å². The molecule has 1 heterocycles. The Hall–Kier alpha value is -2.78. The Morgan fingerprint density at radius 2 is 1.83 bits per heavy atom. The Labute approximate surface area is 178 Å². The highest BCUT2D eigenvalue weighted by Crippen LogP contribution is 2.33. The normalized spacial score (nSPS) is 15.7. The molecule has 3 amide bonds. The molecule has 0 radical (unpaired) electrons. The van der Waals surface area contributed by atoms with Gasteiger partial charge in [-0.2, -0.15) is 13.2 Å². The second-order valence-electron chi connectivity index (χ2n) is 6.26. The number of thioether (sulfide) groups is 1. The third-order valence-corrected chi connectivity index (χ3v) is 5.24. The van der Waals surface area contributed by atoms with Crippen molar-refractivity contribution in [2.24, 2.45) is 0 Å². The zero-order valence-electron chi connectivity index (χ0n) is 15.2. The second-order valence-corrected chi connectivity index (χ2v) is 7.69. The van der Waals surface area contributed by atoms with E-state index in [9.17, 15) is 27.6 Å². The predicted octanol–water partition coefficient (Wildman–Crippen LogP) is 5.42. The number of halogens is 4. The Morgan fingerprint density at radius 3 is 2.50 bits per heavy atom. The van der Waals surface area contributed by atoms with Crippen LogP contribution in [0.2, 0.25) is 5.02 Å². The number of nitrogens with zero attached hydrogens (tertiary/aromatic N) is 1. The van der Waals surface area contributed by atoms with Gasteiger partial charge < -0.3 is 5.32 Å². The number of benzene rings is 2. The molecule has 0 spiro atoms. The Balaban J connectivity index is 1.60. The minimum Gasteiger partial charge on any atom is -0.326 e. The van der Waals surface area contributed by atoms with Crippen LogP contribution in [0.1, 0.15) is 17.5 Å². The number of amides is 3. The van der Waals surface area contributed by atoms with E-state index in [1.165, 1.54) is 12.1 Å². The van der Waals surface area contributed by atoms with Gasteiger partial charge in [-0.25, -0.2) is 0 Å². The van der Waals surface area contributed by atoms with Crippen molar-refractivity contribution in [3.63, 3.8) is 0 Å². The van der Waals surface area contributed by atoms with Crippen LogP contribution >= 0.6 is 23.4 Å². The number of carbonyl (C=O) groups is 3. The number of alkyl halides is 3. The first-order valence-corrected chi connectivity index (χ1v) is 9.81. The molecule has 0 aromatic heterocycles. The average molecular weight is 455 g/mol. The number of rotatable bonds is 5. The zero-order valence-corrected chi connectivity index (χ0v) is 16.8. The fraction of sp³-hybridized carbons (Fsp3) is 0.150. The number of anilines is 1. The van der Waals surface area contributed by atoms with Crippen LogP contribution in [0.3, 0.4) is 0 Å². The number of carbonyl (C=O) groups excluding carboxylic acids is 3. The van der Waals surface area contributed by atoms with Gasteiger partial charge in [0.15, 0.2) is 0 Å². The van der Waals surface area contributed by atoms with Crippen molar-refractivity contribution in [1.29, 1.82) is 0 Å². The lowest BCUT2D eigenvalue weighted by Gasteiger charge is -2.13. The third-order valence-electron chi connectivity index (χ3n) is 4.08. The molecule has 1 aliphatic rings. The molecule has 1 N–H and O–H groups in total. The fourth-order valence-corrected chi connectivity index (χ4v) is 3.60. The number of hydrogen-bond donors (Lipinski definition) is 1. The maximum atomic E-state index is 12.7. The van der Waals surface area contributed by atoms with Gasteiger partial charge in [0.25, 0.3) is 11.1 Å². The van der Waals surface area contributed by atoms with Gasteiger partial charge in [-0.1, -0.05) is 29.8 Å². The van der Waals surface area contributed by atoms with E-state index in [1.54, 1.807) is 30.3 Å². The van der Waals surface area contributed by atoms with E-state index in [4.69, 9.17) is 11.6 Å². The van der Waals surface area contributed by atoms with Crippen molar-refractivity contribution < 1.29 is 27.6 Å². The summed E-state index contributed by atoms with van der Waals surface area (Å²) in [5.74, 6) is -1.15. The summed E-state index contributed by atoms with van der Waals surface area (Å²) >= 11 is 6.56. The number of hydrogen-bond acceptors (Lipinski definition) is 4. The summed E-state index contributed by atoms with van der Waals surface area (Å²) in [6.07, 6.45) is -3.23. The van der Waals surface area contributed by atoms with Gasteiger partial charge in [-0.05, 0) is 53.7 Å². The van der Waals surface area contributed by atoms with E-state index in [2.05, 4.69) is 5.32 Å². The van der Waals surface area contributed by atoms with Crippen LogP contribution in [0.25, 0.3) is 6.08 Å². The molecule has 1 aliphatic heterocycles. The highest BCUT2D eigenvalue weighted by molar-refractivity contribution is 8.18. The average Bonchev–Trinajstić information content (AvgIpc) is 2.94. The van der Waals surface area contributed by atoms with Crippen LogP contribution in [-0.4, -0.2) is 28.5 Å². The molecule has 2 aromatic rings. The summed E-state index contributed by atoms with van der Waals surface area (Å²) in [6, 6.07) is 10.9. The van der Waals surface area contributed by atoms with E-state index in [-0.39, 0.29) is 23.6 Å². The van der Waals surface area contributed by atoms with Gasteiger partial charge in [0.05, 0.1) is 10.5 Å². The molecule has 3 rings (SSSR count). The second kappa shape index (κ2) is 8.93. The molecule has 10 heteroatoms. The minimum atomic E-state index is -4.53. The van der Waals surface area contributed by atoms with Crippen molar-refractivity contribution in [2.45, 2.75) is 12.6 Å². The molecular weight excluding hydrogens is 441 g/mol. The maximum Gasteiger partial charge on any atom is 0.416 e. The smallest absolute Gasteiger partial charge is 0.326 e. The molecule has 30 heavy (non-hydrogen) atoms. The topological polar surface area (TPSA) is 66.5 Å². The van der Waals surface area contributed by atoms with E-state index < -0.39 is 28.8 Å². The van der Waals surface area contributed by atoms with Crippen LogP contribution in [0.15, 0.2) is 53.4 Å². The Morgan fingerprint density at radius 1 is 1.13 bits per heavy atom. The van der Waals surface area contributed by atoms with E-state index in [0.717, 1.165) is 28.8 Å². The quantitative estimate of drug-likeness (QED) is 0.612. The molecule has 0 unspecified atom stereocenters. The zero-order chi connectivity index (χ0) is 21.9. The molecule has 0 bridgehead atoms. The molecular formula is C20H14ClF3N2O3S.